The molecule has 0 bridgehead atoms. The number of rotatable bonds is 1. The van der Waals surface area contributed by atoms with E-state index in [0.717, 1.165) is 0 Å². The van der Waals surface area contributed by atoms with Crippen LogP contribution in [0.15, 0.2) is 33.8 Å². The van der Waals surface area contributed by atoms with Crippen molar-refractivity contribution in [2.75, 3.05) is 0 Å². The van der Waals surface area contributed by atoms with Gasteiger partial charge >= 0.3 is 11.7 Å². The fourth-order valence-electron chi connectivity index (χ4n) is 1.27. The van der Waals surface area contributed by atoms with Gasteiger partial charge < -0.3 is 5.11 Å². The van der Waals surface area contributed by atoms with Crippen LogP contribution in [0.25, 0.3) is 5.52 Å². The minimum atomic E-state index is -1.05. The number of fused-ring (bicyclic) bond motifs is 1. The Hall–Kier alpha value is -1.69. The van der Waals surface area contributed by atoms with Crippen LogP contribution in [0.2, 0.25) is 0 Å². The van der Waals surface area contributed by atoms with Crippen LogP contribution in [0.4, 0.5) is 0 Å². The second-order valence-electron chi connectivity index (χ2n) is 2.83. The van der Waals surface area contributed by atoms with E-state index in [0.29, 0.717) is 9.99 Å². The van der Waals surface area contributed by atoms with Crippen LogP contribution in [0.1, 0.15) is 10.4 Å². The summed E-state index contributed by atoms with van der Waals surface area (Å²) in [6, 6.07) is 2.92. The molecule has 0 aliphatic rings. The molecule has 76 valence electrons. The summed E-state index contributed by atoms with van der Waals surface area (Å²) in [4.78, 5) is 25.7. The Morgan fingerprint density at radius 1 is 1.47 bits per heavy atom. The van der Waals surface area contributed by atoms with Crippen molar-refractivity contribution in [1.82, 2.24) is 9.38 Å². The smallest absolute Gasteiger partial charge is 0.352 e. The van der Waals surface area contributed by atoms with Crippen molar-refractivity contribution in [3.63, 3.8) is 0 Å². The largest absolute Gasteiger partial charge is 0.478 e. The average molecular weight is 269 g/mol. The SMILES string of the molecule is O=C(O)c1ccn2c(=O)nccc2c1Br. The lowest BCUT2D eigenvalue weighted by atomic mass is 10.2. The lowest BCUT2D eigenvalue weighted by Crippen LogP contribution is -2.16. The van der Waals surface area contributed by atoms with Crippen LogP contribution in [0.5, 0.6) is 0 Å². The second kappa shape index (κ2) is 3.47. The maximum Gasteiger partial charge on any atom is 0.352 e. The number of carboxylic acid groups (broad SMARTS) is 1. The Kier molecular flexibility index (Phi) is 2.28. The Labute approximate surface area is 92.1 Å². The molecule has 6 heteroatoms. The molecule has 0 saturated heterocycles. The van der Waals surface area contributed by atoms with Gasteiger partial charge in [-0.15, -0.1) is 0 Å². The molecule has 0 aromatic carbocycles. The molecule has 5 nitrogen and oxygen atoms in total. The molecule has 1 N–H and O–H groups in total. The fourth-order valence-corrected chi connectivity index (χ4v) is 1.89. The van der Waals surface area contributed by atoms with Gasteiger partial charge in [-0.2, -0.15) is 0 Å². The van der Waals surface area contributed by atoms with Gasteiger partial charge in [0.25, 0.3) is 0 Å². The Morgan fingerprint density at radius 3 is 2.87 bits per heavy atom. The van der Waals surface area contributed by atoms with Crippen molar-refractivity contribution in [3.8, 4) is 0 Å². The monoisotopic (exact) mass is 268 g/mol. The van der Waals surface area contributed by atoms with Crippen molar-refractivity contribution in [2.45, 2.75) is 0 Å². The highest BCUT2D eigenvalue weighted by atomic mass is 79.9. The summed E-state index contributed by atoms with van der Waals surface area (Å²) in [5, 5.41) is 8.86. The lowest BCUT2D eigenvalue weighted by Gasteiger charge is -2.04. The minimum absolute atomic E-state index is 0.112. The van der Waals surface area contributed by atoms with Gasteiger partial charge in [-0.3, -0.25) is 4.40 Å². The van der Waals surface area contributed by atoms with E-state index >= 15 is 0 Å². The van der Waals surface area contributed by atoms with Gasteiger partial charge in [0.2, 0.25) is 0 Å². The third-order valence-corrected chi connectivity index (χ3v) is 2.80. The van der Waals surface area contributed by atoms with Gasteiger partial charge in [-0.1, -0.05) is 0 Å². The maximum atomic E-state index is 11.3. The number of nitrogens with zero attached hydrogens (tertiary/aromatic N) is 2. The number of halogens is 1. The van der Waals surface area contributed by atoms with Crippen molar-refractivity contribution < 1.29 is 9.90 Å². The summed E-state index contributed by atoms with van der Waals surface area (Å²) in [6.07, 6.45) is 2.73. The molecule has 2 aromatic heterocycles. The van der Waals surface area contributed by atoms with Crippen LogP contribution in [0.3, 0.4) is 0 Å². The van der Waals surface area contributed by atoms with Crippen LogP contribution in [0, 0.1) is 0 Å². The maximum absolute atomic E-state index is 11.3. The van der Waals surface area contributed by atoms with Crippen molar-refractivity contribution >= 4 is 27.4 Å². The number of carbonyl (C=O) groups is 1. The van der Waals surface area contributed by atoms with Crippen LogP contribution < -0.4 is 5.69 Å². The third kappa shape index (κ3) is 1.52. The molecule has 0 aliphatic carbocycles. The van der Waals surface area contributed by atoms with Crippen molar-refractivity contribution in [3.05, 3.63) is 45.0 Å². The number of aromatic carboxylic acids is 1. The fraction of sp³-hybridized carbons (Fsp3) is 0. The minimum Gasteiger partial charge on any atom is -0.478 e. The van der Waals surface area contributed by atoms with Crippen molar-refractivity contribution in [2.24, 2.45) is 0 Å². The topological polar surface area (TPSA) is 71.7 Å². The first kappa shape index (κ1) is 9.85. The summed E-state index contributed by atoms with van der Waals surface area (Å²) in [6.45, 7) is 0. The number of pyridine rings is 1. The number of carboxylic acids is 1. The van der Waals surface area contributed by atoms with E-state index in [1.165, 1.54) is 22.9 Å². The molecule has 2 heterocycles. The third-order valence-electron chi connectivity index (χ3n) is 1.97. The molecule has 0 aliphatic heterocycles. The Balaban J connectivity index is 2.92. The van der Waals surface area contributed by atoms with Gasteiger partial charge in [-0.25, -0.2) is 14.6 Å². The molecular weight excluding hydrogens is 264 g/mol. The highest BCUT2D eigenvalue weighted by molar-refractivity contribution is 9.10. The van der Waals surface area contributed by atoms with Crippen LogP contribution in [-0.4, -0.2) is 20.5 Å². The van der Waals surface area contributed by atoms with E-state index in [2.05, 4.69) is 20.9 Å². The molecule has 0 unspecified atom stereocenters. The van der Waals surface area contributed by atoms with E-state index in [1.807, 2.05) is 0 Å². The van der Waals surface area contributed by atoms with E-state index in [4.69, 9.17) is 5.11 Å². The summed E-state index contributed by atoms with van der Waals surface area (Å²) in [5.74, 6) is -1.05. The summed E-state index contributed by atoms with van der Waals surface area (Å²) >= 11 is 3.15. The second-order valence-corrected chi connectivity index (χ2v) is 3.62. The van der Waals surface area contributed by atoms with E-state index in [9.17, 15) is 9.59 Å². The predicted molar refractivity (Wildman–Crippen MR) is 56.1 cm³/mol. The molecule has 0 spiro atoms. The first-order valence-corrected chi connectivity index (χ1v) is 4.80. The molecule has 0 fully saturated rings. The Morgan fingerprint density at radius 2 is 2.20 bits per heavy atom. The standard InChI is InChI=1S/C9H5BrN2O3/c10-7-5(8(13)14)2-4-12-6(7)1-3-11-9(12)15/h1-4H,(H,13,14). The van der Waals surface area contributed by atoms with Gasteiger partial charge in [0.15, 0.2) is 0 Å². The van der Waals surface area contributed by atoms with Gasteiger partial charge in [-0.05, 0) is 28.1 Å². The van der Waals surface area contributed by atoms with E-state index < -0.39 is 11.7 Å². The highest BCUT2D eigenvalue weighted by Crippen LogP contribution is 2.21. The highest BCUT2D eigenvalue weighted by Gasteiger charge is 2.11. The molecule has 2 rings (SSSR count). The predicted octanol–water partition coefficient (Wildman–Crippen LogP) is 1.16. The first-order valence-electron chi connectivity index (χ1n) is 4.00. The zero-order valence-electron chi connectivity index (χ0n) is 7.35. The molecule has 0 saturated carbocycles. The van der Waals surface area contributed by atoms with Gasteiger partial charge in [0, 0.05) is 12.4 Å². The molecule has 15 heavy (non-hydrogen) atoms. The summed E-state index contributed by atoms with van der Waals surface area (Å²) < 4.78 is 1.65. The number of hydrogen-bond donors (Lipinski definition) is 1. The molecule has 0 radical (unpaired) electrons. The zero-order valence-corrected chi connectivity index (χ0v) is 8.93. The number of aromatic nitrogens is 2. The summed E-state index contributed by atoms with van der Waals surface area (Å²) in [7, 11) is 0. The Bertz CT molecular complexity index is 606. The summed E-state index contributed by atoms with van der Waals surface area (Å²) in [5.41, 5.74) is 0.153. The molecule has 2 aromatic rings. The number of hydrogen-bond acceptors (Lipinski definition) is 3. The normalized spacial score (nSPS) is 10.5. The quantitative estimate of drug-likeness (QED) is 0.843. The van der Waals surface area contributed by atoms with Crippen molar-refractivity contribution in [1.29, 1.82) is 0 Å². The molecular formula is C9H5BrN2O3. The zero-order chi connectivity index (χ0) is 11.0. The lowest BCUT2D eigenvalue weighted by molar-refractivity contribution is 0.0696. The van der Waals surface area contributed by atoms with E-state index in [-0.39, 0.29) is 5.56 Å². The molecule has 0 amide bonds. The molecule has 0 atom stereocenters. The first-order chi connectivity index (χ1) is 7.11. The van der Waals surface area contributed by atoms with Crippen LogP contribution in [-0.2, 0) is 0 Å². The van der Waals surface area contributed by atoms with E-state index in [1.54, 1.807) is 6.07 Å². The van der Waals surface area contributed by atoms with Gasteiger partial charge in [0.05, 0.1) is 15.6 Å². The van der Waals surface area contributed by atoms with Gasteiger partial charge in [0.1, 0.15) is 0 Å². The average Bonchev–Trinajstić information content (AvgIpc) is 2.19. The van der Waals surface area contributed by atoms with Crippen LogP contribution >= 0.6 is 15.9 Å².